The Morgan fingerprint density at radius 3 is 2.48 bits per heavy atom. The Bertz CT molecular complexity index is 489. The maximum Gasteiger partial charge on any atom is 0.273 e. The Morgan fingerprint density at radius 2 is 1.86 bits per heavy atom. The monoisotopic (exact) mass is 309 g/mol. The van der Waals surface area contributed by atoms with E-state index < -0.39 is 7.52 Å². The van der Waals surface area contributed by atoms with Gasteiger partial charge in [0, 0.05) is 18.7 Å². The molecule has 1 aliphatic rings. The van der Waals surface area contributed by atoms with Crippen LogP contribution in [-0.4, -0.2) is 24.0 Å². The highest BCUT2D eigenvalue weighted by Gasteiger charge is 2.39. The SMILES string of the molecule is CC(C)C(C)CP1(=O)OCCCN1C(C)c1ccccc1. The van der Waals surface area contributed by atoms with Gasteiger partial charge in [-0.3, -0.25) is 4.57 Å². The van der Waals surface area contributed by atoms with Crippen LogP contribution in [0.25, 0.3) is 0 Å². The molecular weight excluding hydrogens is 281 g/mol. The van der Waals surface area contributed by atoms with E-state index in [-0.39, 0.29) is 6.04 Å². The van der Waals surface area contributed by atoms with Crippen molar-refractivity contribution in [3.8, 4) is 0 Å². The number of nitrogens with zero attached hydrogens (tertiary/aromatic N) is 1. The Kier molecular flexibility index (Phi) is 5.65. The van der Waals surface area contributed by atoms with Crippen LogP contribution in [0.3, 0.4) is 0 Å². The lowest BCUT2D eigenvalue weighted by molar-refractivity contribution is 0.178. The maximum atomic E-state index is 13.4. The molecule has 0 saturated carbocycles. The molecule has 3 nitrogen and oxygen atoms in total. The zero-order valence-corrected chi connectivity index (χ0v) is 14.6. The van der Waals surface area contributed by atoms with Gasteiger partial charge in [0.25, 0.3) is 7.52 Å². The van der Waals surface area contributed by atoms with E-state index in [1.165, 1.54) is 5.56 Å². The van der Waals surface area contributed by atoms with Crippen LogP contribution in [0.5, 0.6) is 0 Å². The van der Waals surface area contributed by atoms with E-state index in [4.69, 9.17) is 4.52 Å². The van der Waals surface area contributed by atoms with Crippen molar-refractivity contribution in [2.45, 2.75) is 40.2 Å². The molecule has 1 aromatic carbocycles. The zero-order chi connectivity index (χ0) is 15.5. The van der Waals surface area contributed by atoms with E-state index in [0.29, 0.717) is 24.6 Å². The second kappa shape index (κ2) is 7.09. The van der Waals surface area contributed by atoms with Gasteiger partial charge in [0.1, 0.15) is 0 Å². The van der Waals surface area contributed by atoms with Gasteiger partial charge in [-0.2, -0.15) is 0 Å². The van der Waals surface area contributed by atoms with Crippen molar-refractivity contribution in [2.75, 3.05) is 19.3 Å². The molecular formula is C17H28NO2P. The molecule has 21 heavy (non-hydrogen) atoms. The predicted octanol–water partition coefficient (Wildman–Crippen LogP) is 4.96. The molecule has 1 fully saturated rings. The highest BCUT2D eigenvalue weighted by molar-refractivity contribution is 7.56. The van der Waals surface area contributed by atoms with E-state index in [1.54, 1.807) is 0 Å². The fourth-order valence-corrected chi connectivity index (χ4v) is 5.89. The van der Waals surface area contributed by atoms with Crippen LogP contribution in [0.4, 0.5) is 0 Å². The van der Waals surface area contributed by atoms with Crippen LogP contribution in [0.15, 0.2) is 30.3 Å². The number of hydrogen-bond acceptors (Lipinski definition) is 2. The van der Waals surface area contributed by atoms with E-state index in [0.717, 1.165) is 13.0 Å². The lowest BCUT2D eigenvalue weighted by atomic mass is 10.0. The lowest BCUT2D eigenvalue weighted by Crippen LogP contribution is -2.33. The van der Waals surface area contributed by atoms with E-state index in [2.05, 4.69) is 44.5 Å². The van der Waals surface area contributed by atoms with Gasteiger partial charge >= 0.3 is 0 Å². The second-order valence-electron chi connectivity index (χ2n) is 6.48. The van der Waals surface area contributed by atoms with Crippen LogP contribution in [0.2, 0.25) is 0 Å². The summed E-state index contributed by atoms with van der Waals surface area (Å²) in [6, 6.07) is 10.4. The number of rotatable bonds is 5. The molecule has 0 aromatic heterocycles. The molecule has 3 atom stereocenters. The normalized spacial score (nSPS) is 26.7. The first-order valence-corrected chi connectivity index (χ1v) is 9.76. The predicted molar refractivity (Wildman–Crippen MR) is 88.6 cm³/mol. The van der Waals surface area contributed by atoms with E-state index in [1.807, 2.05) is 18.2 Å². The third-order valence-corrected chi connectivity index (χ3v) is 7.55. The minimum absolute atomic E-state index is 0.136. The van der Waals surface area contributed by atoms with Crippen molar-refractivity contribution in [3.05, 3.63) is 35.9 Å². The first-order chi connectivity index (χ1) is 9.94. The molecule has 0 spiro atoms. The Hall–Kier alpha value is -0.630. The van der Waals surface area contributed by atoms with E-state index in [9.17, 15) is 4.57 Å². The largest absolute Gasteiger partial charge is 0.317 e. The van der Waals surface area contributed by atoms with Crippen LogP contribution >= 0.6 is 7.52 Å². The van der Waals surface area contributed by atoms with Crippen molar-refractivity contribution in [1.29, 1.82) is 0 Å². The molecule has 1 aromatic rings. The highest BCUT2D eigenvalue weighted by atomic mass is 31.2. The minimum atomic E-state index is -2.72. The smallest absolute Gasteiger partial charge is 0.273 e. The van der Waals surface area contributed by atoms with Gasteiger partial charge in [-0.05, 0) is 30.7 Å². The van der Waals surface area contributed by atoms with Crippen molar-refractivity contribution in [3.63, 3.8) is 0 Å². The Balaban J connectivity index is 2.20. The van der Waals surface area contributed by atoms with Crippen LogP contribution in [0.1, 0.15) is 45.7 Å². The number of benzene rings is 1. The second-order valence-corrected chi connectivity index (χ2v) is 8.89. The van der Waals surface area contributed by atoms with Gasteiger partial charge in [0.05, 0.1) is 6.61 Å². The average molecular weight is 309 g/mol. The van der Waals surface area contributed by atoms with Crippen LogP contribution in [0, 0.1) is 11.8 Å². The maximum absolute atomic E-state index is 13.4. The third kappa shape index (κ3) is 3.97. The topological polar surface area (TPSA) is 29.5 Å². The minimum Gasteiger partial charge on any atom is -0.317 e. The molecule has 1 heterocycles. The van der Waals surface area contributed by atoms with Crippen molar-refractivity contribution in [2.24, 2.45) is 11.8 Å². The molecule has 0 bridgehead atoms. The first-order valence-electron chi connectivity index (χ1n) is 7.99. The molecule has 1 saturated heterocycles. The molecule has 0 amide bonds. The van der Waals surface area contributed by atoms with Gasteiger partial charge in [0.15, 0.2) is 0 Å². The Labute approximate surface area is 129 Å². The van der Waals surface area contributed by atoms with Gasteiger partial charge < -0.3 is 4.52 Å². The molecule has 118 valence electrons. The van der Waals surface area contributed by atoms with Gasteiger partial charge in [0.2, 0.25) is 0 Å². The third-order valence-electron chi connectivity index (χ3n) is 4.60. The summed E-state index contributed by atoms with van der Waals surface area (Å²) in [4.78, 5) is 0. The quantitative estimate of drug-likeness (QED) is 0.720. The molecule has 4 heteroatoms. The summed E-state index contributed by atoms with van der Waals surface area (Å²) in [5.74, 6) is 0.926. The zero-order valence-electron chi connectivity index (χ0n) is 13.7. The van der Waals surface area contributed by atoms with Crippen molar-refractivity contribution >= 4 is 7.52 Å². The summed E-state index contributed by atoms with van der Waals surface area (Å²) < 4.78 is 21.3. The van der Waals surface area contributed by atoms with Crippen LogP contribution in [-0.2, 0) is 9.09 Å². The fraction of sp³-hybridized carbons (Fsp3) is 0.647. The van der Waals surface area contributed by atoms with E-state index >= 15 is 0 Å². The van der Waals surface area contributed by atoms with Crippen LogP contribution < -0.4 is 0 Å². The summed E-state index contributed by atoms with van der Waals surface area (Å²) in [7, 11) is -2.72. The summed E-state index contributed by atoms with van der Waals surface area (Å²) in [5.41, 5.74) is 1.21. The average Bonchev–Trinajstić information content (AvgIpc) is 2.47. The summed E-state index contributed by atoms with van der Waals surface area (Å²) >= 11 is 0. The molecule has 1 aliphatic heterocycles. The summed E-state index contributed by atoms with van der Waals surface area (Å²) in [6.07, 6.45) is 1.61. The number of hydrogen-bond donors (Lipinski definition) is 0. The van der Waals surface area contributed by atoms with Gasteiger partial charge in [-0.1, -0.05) is 51.1 Å². The lowest BCUT2D eigenvalue weighted by Gasteiger charge is -2.40. The fourth-order valence-electron chi connectivity index (χ4n) is 2.75. The first kappa shape index (κ1) is 16.7. The van der Waals surface area contributed by atoms with Crippen molar-refractivity contribution in [1.82, 2.24) is 4.67 Å². The van der Waals surface area contributed by atoms with Crippen molar-refractivity contribution < 1.29 is 9.09 Å². The van der Waals surface area contributed by atoms with Gasteiger partial charge in [-0.25, -0.2) is 4.67 Å². The summed E-state index contributed by atoms with van der Waals surface area (Å²) in [6.45, 7) is 10.2. The molecule has 0 aliphatic carbocycles. The standard InChI is InChI=1S/C17H28NO2P/c1-14(2)15(3)13-21(19)18(11-8-12-20-21)16(4)17-9-6-5-7-10-17/h5-7,9-10,14-16H,8,11-13H2,1-4H3. The molecule has 0 N–H and O–H groups in total. The molecule has 3 unspecified atom stereocenters. The molecule has 0 radical (unpaired) electrons. The molecule has 2 rings (SSSR count). The summed E-state index contributed by atoms with van der Waals surface area (Å²) in [5, 5.41) is 0. The van der Waals surface area contributed by atoms with Gasteiger partial charge in [-0.15, -0.1) is 0 Å². The Morgan fingerprint density at radius 1 is 1.19 bits per heavy atom. The highest BCUT2D eigenvalue weighted by Crippen LogP contribution is 2.58.